The van der Waals surface area contributed by atoms with Crippen LogP contribution in [-0.2, 0) is 25.8 Å². The molecule has 0 aliphatic heterocycles. The van der Waals surface area contributed by atoms with Gasteiger partial charge in [0.15, 0.2) is 0 Å². The van der Waals surface area contributed by atoms with Crippen molar-refractivity contribution in [2.45, 2.75) is 380 Å². The molecule has 3 aromatic heterocycles. The number of unbranched alkanes of at least 4 members (excludes halogenated alkanes) is 32. The summed E-state index contributed by atoms with van der Waals surface area (Å²) in [6.45, 7) is 24.4. The van der Waals surface area contributed by atoms with Crippen molar-refractivity contribution in [1.29, 1.82) is 0 Å². The third-order valence-corrected chi connectivity index (χ3v) is 32.9. The number of rotatable bonds is 53. The first-order valence-electron chi connectivity index (χ1n) is 50.4. The normalized spacial score (nSPS) is 14.1. The zero-order valence-electron chi connectivity index (χ0n) is 77.8. The van der Waals surface area contributed by atoms with Crippen LogP contribution in [0.3, 0.4) is 0 Å². The van der Waals surface area contributed by atoms with E-state index >= 15 is 0 Å². The number of carbonyl (C=O) groups excluding carboxylic acids is 1. The summed E-state index contributed by atoms with van der Waals surface area (Å²) in [5, 5.41) is 8.08. The monoisotopic (exact) mass is 1710 g/mol. The van der Waals surface area contributed by atoms with Crippen LogP contribution in [0.15, 0.2) is 170 Å². The second-order valence-corrected chi connectivity index (χ2v) is 41.9. The van der Waals surface area contributed by atoms with E-state index in [-0.39, 0.29) is 16.2 Å². The maximum absolute atomic E-state index is 12.9. The molecule has 15 rings (SSSR count). The summed E-state index contributed by atoms with van der Waals surface area (Å²) >= 11 is 5.82. The highest BCUT2D eigenvalue weighted by Crippen LogP contribution is 2.61. The van der Waals surface area contributed by atoms with Crippen LogP contribution in [0.25, 0.3) is 117 Å². The molecule has 3 nitrogen and oxygen atoms in total. The van der Waals surface area contributed by atoms with E-state index in [1.807, 2.05) is 34.0 Å². The van der Waals surface area contributed by atoms with Crippen LogP contribution in [-0.4, -0.2) is 12.3 Å². The Morgan fingerprint density at radius 3 is 1.07 bits per heavy atom. The minimum absolute atomic E-state index is 0.0447. The van der Waals surface area contributed by atoms with Crippen LogP contribution < -0.4 is 4.74 Å². The van der Waals surface area contributed by atoms with Gasteiger partial charge in [-0.15, -0.1) is 34.0 Å². The van der Waals surface area contributed by atoms with Gasteiger partial charge >= 0.3 is 5.97 Å². The average Bonchev–Trinajstić information content (AvgIpc) is 1.54. The lowest BCUT2D eigenvalue weighted by Gasteiger charge is -2.34. The molecule has 0 bridgehead atoms. The molecule has 1 atom stereocenters. The van der Waals surface area contributed by atoms with Crippen molar-refractivity contribution in [2.75, 3.05) is 0 Å². The van der Waals surface area contributed by atoms with E-state index in [9.17, 15) is 4.79 Å². The van der Waals surface area contributed by atoms with E-state index in [1.54, 1.807) is 29.2 Å². The lowest BCUT2D eigenvalue weighted by atomic mass is 9.69. The molecule has 0 saturated carbocycles. The van der Waals surface area contributed by atoms with Gasteiger partial charge in [0.1, 0.15) is 5.75 Å². The zero-order valence-corrected chi connectivity index (χ0v) is 80.2. The standard InChI is InChI=1S/C118H148O3S3/c1-11-18-25-30-35-36-37-38-43-50-114(121-115(119)83(8)9)120-93-56-62-99-98-61-53-86(77-112(98)124-113(99)82-93)85-52-58-94-95-59-54-87(73-104(95)117(103(94)72-85,63-44-23-16-6)64-45-24-17-7)108-78-91-80-111-92(81-110(91)122-108)79-109(123-111)88-55-60-97-101-71-90-75-106-100(96-57-51-84(10)69-102(96)116(106,65-46-39-31-26-19-12-2)66-47-40-32-27-20-13-3)70-89(90)76-107(101)118(105(97)74-88,67-48-41-33-28-21-14-4)68-49-42-34-29-22-15-5/h51-62,69-82,114H,8,11-50,63-68H2,1-7,9-10H3. The molecule has 0 N–H and O–H groups in total. The van der Waals surface area contributed by atoms with Crippen molar-refractivity contribution in [1.82, 2.24) is 0 Å². The molecular weight excluding hydrogens is 1560 g/mol. The quantitative estimate of drug-likeness (QED) is 0.0165. The SMILES string of the molecule is C=C(C)C(=O)OC(CCCCCCCCCCC)Oc1ccc2c(c1)sc1cc(-c3ccc4c(c3)C(CCCCC)(CCCCC)c3cc(-c5cc6cc7sc(-c8ccc9c(c8)C(CCCCCCCC)(CCCCCCCC)c8cc%10cc%11c(cc%10cc8-9)C(CCCCCCCC)(CCCCCCCC)c8cc(C)ccc8-%11)cc7cc6s5)ccc3-4)ccc12. The Balaban J connectivity index is 0.736. The largest absolute Gasteiger partial charge is 0.455 e. The molecule has 0 spiro atoms. The molecule has 656 valence electrons. The summed E-state index contributed by atoms with van der Waals surface area (Å²) in [6, 6.07) is 65.2. The van der Waals surface area contributed by atoms with E-state index in [1.165, 1.54) is 396 Å². The van der Waals surface area contributed by atoms with Crippen molar-refractivity contribution >= 4 is 91.1 Å². The van der Waals surface area contributed by atoms with Crippen molar-refractivity contribution in [2.24, 2.45) is 0 Å². The number of ether oxygens (including phenoxy) is 2. The molecule has 3 aliphatic rings. The van der Waals surface area contributed by atoms with E-state index in [0.29, 0.717) is 12.0 Å². The second kappa shape index (κ2) is 43.5. The molecule has 0 amide bonds. The van der Waals surface area contributed by atoms with Gasteiger partial charge in [0.25, 0.3) is 0 Å². The molecule has 3 aliphatic carbocycles. The number of benzene rings is 9. The van der Waals surface area contributed by atoms with Gasteiger partial charge in [-0.1, -0.05) is 371 Å². The summed E-state index contributed by atoms with van der Waals surface area (Å²) in [6.07, 6.45) is 57.4. The molecule has 9 aromatic carbocycles. The van der Waals surface area contributed by atoms with E-state index < -0.39 is 12.3 Å². The molecule has 124 heavy (non-hydrogen) atoms. The number of hydrogen-bond acceptors (Lipinski definition) is 6. The van der Waals surface area contributed by atoms with Crippen molar-refractivity contribution in [3.8, 4) is 71.1 Å². The van der Waals surface area contributed by atoms with Gasteiger partial charge in [-0.3, -0.25) is 0 Å². The smallest absolute Gasteiger partial charge is 0.336 e. The molecule has 0 fully saturated rings. The summed E-state index contributed by atoms with van der Waals surface area (Å²) in [4.78, 5) is 15.7. The van der Waals surface area contributed by atoms with Crippen LogP contribution in [0.2, 0.25) is 0 Å². The van der Waals surface area contributed by atoms with Crippen molar-refractivity contribution in [3.05, 3.63) is 209 Å². The summed E-state index contributed by atoms with van der Waals surface area (Å²) in [5.41, 5.74) is 25.4. The Bertz CT molecular complexity index is 5500. The van der Waals surface area contributed by atoms with Gasteiger partial charge in [-0.2, -0.15) is 0 Å². The summed E-state index contributed by atoms with van der Waals surface area (Å²) in [7, 11) is 0. The highest BCUT2D eigenvalue weighted by Gasteiger charge is 2.47. The second-order valence-electron chi connectivity index (χ2n) is 38.7. The van der Waals surface area contributed by atoms with Crippen LogP contribution in [0.5, 0.6) is 5.75 Å². The van der Waals surface area contributed by atoms with Gasteiger partial charge in [0.2, 0.25) is 6.29 Å². The van der Waals surface area contributed by atoms with Gasteiger partial charge in [-0.25, -0.2) is 4.79 Å². The minimum Gasteiger partial charge on any atom is -0.455 e. The van der Waals surface area contributed by atoms with Crippen molar-refractivity contribution in [3.63, 3.8) is 0 Å². The third-order valence-electron chi connectivity index (χ3n) is 29.5. The highest BCUT2D eigenvalue weighted by molar-refractivity contribution is 7.26. The number of hydrogen-bond donors (Lipinski definition) is 0. The first-order chi connectivity index (χ1) is 60.8. The topological polar surface area (TPSA) is 35.5 Å². The highest BCUT2D eigenvalue weighted by atomic mass is 32.1. The van der Waals surface area contributed by atoms with Crippen LogP contribution >= 0.6 is 34.0 Å². The minimum atomic E-state index is -0.662. The molecule has 6 heteroatoms. The Hall–Kier alpha value is -7.61. The Kier molecular flexibility index (Phi) is 31.9. The maximum Gasteiger partial charge on any atom is 0.336 e. The fourth-order valence-corrected chi connectivity index (χ4v) is 25.9. The Morgan fingerprint density at radius 2 is 0.637 bits per heavy atom. The van der Waals surface area contributed by atoms with E-state index in [0.717, 1.165) is 31.4 Å². The van der Waals surface area contributed by atoms with Gasteiger partial charge in [0.05, 0.1) is 0 Å². The lowest BCUT2D eigenvalue weighted by Crippen LogP contribution is -2.26. The zero-order chi connectivity index (χ0) is 86.0. The van der Waals surface area contributed by atoms with E-state index in [2.05, 4.69) is 220 Å². The molecule has 3 heterocycles. The van der Waals surface area contributed by atoms with E-state index in [4.69, 9.17) is 9.47 Å². The fourth-order valence-electron chi connectivity index (χ4n) is 22.5. The summed E-state index contributed by atoms with van der Waals surface area (Å²) < 4.78 is 17.7. The molecule has 0 radical (unpaired) electrons. The molecular formula is C118H148O3S3. The van der Waals surface area contributed by atoms with Crippen LogP contribution in [0.1, 0.15) is 390 Å². The average molecular weight is 1710 g/mol. The Morgan fingerprint density at radius 1 is 0.306 bits per heavy atom. The lowest BCUT2D eigenvalue weighted by molar-refractivity contribution is -0.159. The van der Waals surface area contributed by atoms with Crippen LogP contribution in [0, 0.1) is 6.92 Å². The van der Waals surface area contributed by atoms with Gasteiger partial charge in [-0.05, 0) is 260 Å². The first-order valence-corrected chi connectivity index (χ1v) is 52.9. The number of fused-ring (bicyclic) bond motifs is 15. The fraction of sp³-hybridized carbons (Fsp3) is 0.500. The maximum atomic E-state index is 12.9. The third kappa shape index (κ3) is 20.3. The molecule has 1 unspecified atom stereocenters. The molecule has 12 aromatic rings. The number of carbonyl (C=O) groups is 1. The predicted octanol–water partition coefficient (Wildman–Crippen LogP) is 38.7. The Labute approximate surface area is 759 Å². The predicted molar refractivity (Wildman–Crippen MR) is 545 cm³/mol. The first kappa shape index (κ1) is 91.2. The number of aryl methyl sites for hydroxylation is 1. The number of esters is 1. The summed E-state index contributed by atoms with van der Waals surface area (Å²) in [5.74, 6) is 0.329. The van der Waals surface area contributed by atoms with Crippen LogP contribution in [0.4, 0.5) is 0 Å². The van der Waals surface area contributed by atoms with Gasteiger partial charge < -0.3 is 9.47 Å². The molecule has 0 saturated heterocycles. The number of thiophene rings is 3. The van der Waals surface area contributed by atoms with Gasteiger partial charge in [0, 0.05) is 67.6 Å². The van der Waals surface area contributed by atoms with Crippen molar-refractivity contribution < 1.29 is 14.3 Å².